The van der Waals surface area contributed by atoms with Crippen LogP contribution in [0.4, 0.5) is 11.4 Å². The van der Waals surface area contributed by atoms with Gasteiger partial charge in [-0.05, 0) is 56.7 Å². The van der Waals surface area contributed by atoms with E-state index in [1.807, 2.05) is 0 Å². The summed E-state index contributed by atoms with van der Waals surface area (Å²) in [6.45, 7) is 3.16. The number of sulfonamides is 1. The van der Waals surface area contributed by atoms with E-state index in [2.05, 4.69) is 15.6 Å². The number of nitrogens with zero attached hydrogens (tertiary/aromatic N) is 5. The molecule has 252 valence electrons. The first-order chi connectivity index (χ1) is 23.2. The molecule has 3 heterocycles. The van der Waals surface area contributed by atoms with Gasteiger partial charge in [-0.3, -0.25) is 38.5 Å². The van der Waals surface area contributed by atoms with Crippen LogP contribution < -0.4 is 26.1 Å². The molecule has 2 atom stereocenters. The molecule has 3 aromatic carbocycles. The summed E-state index contributed by atoms with van der Waals surface area (Å²) in [5.74, 6) is -1.63. The highest BCUT2D eigenvalue weighted by atomic mass is 35.5. The molecule has 1 aliphatic heterocycles. The number of benzene rings is 3. The average molecular weight is 704 g/mol. The molecule has 49 heavy (non-hydrogen) atoms. The number of para-hydroxylation sites is 2. The molecule has 0 saturated carbocycles. The molecule has 1 fully saturated rings. The van der Waals surface area contributed by atoms with Crippen LogP contribution in [0, 0.1) is 13.8 Å². The van der Waals surface area contributed by atoms with Gasteiger partial charge in [-0.25, -0.2) is 9.67 Å². The SMILES string of the molecule is Cc1nc2c(NC(=O)c3cc([S+](=O)([O-])N(C)c4c(C)n(C)n(-c5ccccc5)c4=O)ccc3Cl)cccc2c(=O)n1C1CCC(=O)NC1=O. The molecule has 0 spiro atoms. The highest BCUT2D eigenvalue weighted by Crippen LogP contribution is 2.31. The number of piperidine rings is 1. The maximum Gasteiger partial charge on any atom is 0.299 e. The number of aromatic nitrogens is 4. The Balaban J connectivity index is 1.33. The maximum absolute atomic E-state index is 13.9. The molecular formula is C33H30ClN7O7S. The number of carbonyl (C=O) groups excluding carboxylic acids is 3. The molecule has 2 unspecified atom stereocenters. The van der Waals surface area contributed by atoms with E-state index in [9.17, 15) is 32.7 Å². The lowest BCUT2D eigenvalue weighted by atomic mass is 10.1. The van der Waals surface area contributed by atoms with Gasteiger partial charge in [0.05, 0.1) is 40.1 Å². The van der Waals surface area contributed by atoms with Crippen molar-refractivity contribution >= 4 is 62.0 Å². The van der Waals surface area contributed by atoms with Crippen LogP contribution in [0.1, 0.15) is 40.8 Å². The lowest BCUT2D eigenvalue weighted by Crippen LogP contribution is -2.45. The van der Waals surface area contributed by atoms with Crippen molar-refractivity contribution in [1.29, 1.82) is 0 Å². The Morgan fingerprint density at radius 3 is 2.45 bits per heavy atom. The molecule has 3 amide bonds. The first kappa shape index (κ1) is 33.5. The molecule has 5 aromatic rings. The van der Waals surface area contributed by atoms with Crippen molar-refractivity contribution in [2.45, 2.75) is 37.6 Å². The highest BCUT2D eigenvalue weighted by Gasteiger charge is 2.35. The molecule has 1 saturated heterocycles. The number of hydrogen-bond acceptors (Lipinski definition) is 8. The van der Waals surface area contributed by atoms with Crippen molar-refractivity contribution in [3.63, 3.8) is 0 Å². The minimum absolute atomic E-state index is 0.0500. The lowest BCUT2D eigenvalue weighted by molar-refractivity contribution is -0.135. The maximum atomic E-state index is 13.9. The Hall–Kier alpha value is -5.38. The van der Waals surface area contributed by atoms with Crippen LogP contribution in [0.2, 0.25) is 5.02 Å². The predicted molar refractivity (Wildman–Crippen MR) is 183 cm³/mol. The van der Waals surface area contributed by atoms with Crippen LogP contribution in [-0.4, -0.2) is 48.2 Å². The fourth-order valence-electron chi connectivity index (χ4n) is 5.95. The Bertz CT molecular complexity index is 2370. The second-order valence-electron chi connectivity index (χ2n) is 11.5. The van der Waals surface area contributed by atoms with Crippen molar-refractivity contribution in [2.24, 2.45) is 7.05 Å². The summed E-state index contributed by atoms with van der Waals surface area (Å²) >= 11 is 6.39. The molecular weight excluding hydrogens is 674 g/mol. The average Bonchev–Trinajstić information content (AvgIpc) is 3.29. The fraction of sp³-hybridized carbons (Fsp3) is 0.212. The van der Waals surface area contributed by atoms with Gasteiger partial charge in [0, 0.05) is 19.5 Å². The molecule has 0 aliphatic carbocycles. The van der Waals surface area contributed by atoms with Gasteiger partial charge < -0.3 is 9.87 Å². The highest BCUT2D eigenvalue weighted by molar-refractivity contribution is 7.99. The quantitative estimate of drug-likeness (QED) is 0.191. The molecule has 0 bridgehead atoms. The van der Waals surface area contributed by atoms with E-state index >= 15 is 0 Å². The minimum atomic E-state index is -4.38. The van der Waals surface area contributed by atoms with Crippen LogP contribution in [0.5, 0.6) is 0 Å². The van der Waals surface area contributed by atoms with Crippen LogP contribution in [0.15, 0.2) is 81.2 Å². The fourth-order valence-corrected chi connectivity index (χ4v) is 7.43. The number of halogens is 1. The number of fused-ring (bicyclic) bond motifs is 1. The van der Waals surface area contributed by atoms with E-state index in [0.717, 1.165) is 10.4 Å². The number of anilines is 2. The van der Waals surface area contributed by atoms with E-state index in [0.29, 0.717) is 11.4 Å². The number of nitrogens with one attached hydrogen (secondary N) is 2. The third-order valence-electron chi connectivity index (χ3n) is 8.56. The molecule has 14 nitrogen and oxygen atoms in total. The third-order valence-corrected chi connectivity index (χ3v) is 10.6. The summed E-state index contributed by atoms with van der Waals surface area (Å²) in [5, 5.41) is 4.97. The van der Waals surface area contributed by atoms with Gasteiger partial charge in [0.2, 0.25) is 11.8 Å². The number of carbonyl (C=O) groups is 3. The number of aryl methyl sites for hydroxylation is 1. The number of amides is 3. The predicted octanol–water partition coefficient (Wildman–Crippen LogP) is 3.43. The number of rotatable bonds is 7. The molecule has 6 rings (SSSR count). The standard InChI is InChI=1S/C33H30ClN7O7S/c1-18-29(33(46)41(38(18)3)20-9-6-5-7-10-20)39(4)49(47,48)21-13-14-24(34)23(17-21)30(43)36-25-12-8-11-22-28(25)35-19(2)40(32(22)45)26-15-16-27(42)37-31(26)44/h5-14,17,26H,15-16H2,1-4H3,(H2-,36,37,42,43,44,47,48). The summed E-state index contributed by atoms with van der Waals surface area (Å²) in [6.07, 6.45) is 0.202. The summed E-state index contributed by atoms with van der Waals surface area (Å²) < 4.78 is 32.8. The van der Waals surface area contributed by atoms with Gasteiger partial charge in [0.25, 0.3) is 17.0 Å². The van der Waals surface area contributed by atoms with E-state index < -0.39 is 45.3 Å². The second-order valence-corrected chi connectivity index (χ2v) is 13.9. The number of imide groups is 1. The Morgan fingerprint density at radius 2 is 1.76 bits per heavy atom. The summed E-state index contributed by atoms with van der Waals surface area (Å²) in [6, 6.07) is 16.0. The third kappa shape index (κ3) is 5.75. The van der Waals surface area contributed by atoms with Crippen LogP contribution in [-0.2, 0) is 31.2 Å². The second kappa shape index (κ2) is 12.6. The molecule has 2 aromatic heterocycles. The van der Waals surface area contributed by atoms with E-state index in [1.54, 1.807) is 49.0 Å². The van der Waals surface area contributed by atoms with Crippen molar-refractivity contribution < 1.29 is 23.1 Å². The first-order valence-corrected chi connectivity index (χ1v) is 16.8. The largest absolute Gasteiger partial charge is 0.588 e. The molecule has 16 heteroatoms. The van der Waals surface area contributed by atoms with E-state index in [-0.39, 0.29) is 56.4 Å². The molecule has 0 radical (unpaired) electrons. The van der Waals surface area contributed by atoms with Crippen molar-refractivity contribution in [3.8, 4) is 5.69 Å². The summed E-state index contributed by atoms with van der Waals surface area (Å²) in [5.41, 5.74) is -0.141. The van der Waals surface area contributed by atoms with Gasteiger partial charge in [0.1, 0.15) is 17.4 Å². The van der Waals surface area contributed by atoms with Gasteiger partial charge in [-0.1, -0.05) is 40.1 Å². The monoisotopic (exact) mass is 703 g/mol. The Labute approximate surface area is 285 Å². The van der Waals surface area contributed by atoms with Crippen LogP contribution in [0.25, 0.3) is 16.6 Å². The van der Waals surface area contributed by atoms with Gasteiger partial charge in [0.15, 0.2) is 21.0 Å². The zero-order valence-electron chi connectivity index (χ0n) is 26.7. The zero-order valence-corrected chi connectivity index (χ0v) is 28.3. The zero-order chi connectivity index (χ0) is 35.4. The van der Waals surface area contributed by atoms with Gasteiger partial charge >= 0.3 is 0 Å². The lowest BCUT2D eigenvalue weighted by Gasteiger charge is -2.25. The van der Waals surface area contributed by atoms with Gasteiger partial charge in [-0.15, -0.1) is 0 Å². The van der Waals surface area contributed by atoms with E-state index in [1.165, 1.54) is 53.6 Å². The summed E-state index contributed by atoms with van der Waals surface area (Å²) in [4.78, 5) is 69.1. The number of hydrogen-bond donors (Lipinski definition) is 2. The van der Waals surface area contributed by atoms with Crippen molar-refractivity contribution in [3.05, 3.63) is 110 Å². The smallest absolute Gasteiger partial charge is 0.299 e. The van der Waals surface area contributed by atoms with Crippen molar-refractivity contribution in [1.82, 2.24) is 24.2 Å². The van der Waals surface area contributed by atoms with Crippen molar-refractivity contribution in [2.75, 3.05) is 16.7 Å². The topological polar surface area (TPSA) is 180 Å². The normalized spacial score (nSPS) is 15.9. The van der Waals surface area contributed by atoms with E-state index in [4.69, 9.17) is 11.6 Å². The first-order valence-electron chi connectivity index (χ1n) is 15.0. The Kier molecular flexibility index (Phi) is 8.60. The van der Waals surface area contributed by atoms with Crippen LogP contribution >= 0.6 is 11.6 Å². The van der Waals surface area contributed by atoms with Crippen LogP contribution in [0.3, 0.4) is 0 Å². The minimum Gasteiger partial charge on any atom is -0.588 e. The molecule has 2 N–H and O–H groups in total. The summed E-state index contributed by atoms with van der Waals surface area (Å²) in [7, 11) is -1.48. The Morgan fingerprint density at radius 1 is 1.04 bits per heavy atom. The van der Waals surface area contributed by atoms with Gasteiger partial charge in [-0.2, -0.15) is 4.31 Å². The molecule has 1 aliphatic rings.